The highest BCUT2D eigenvalue weighted by molar-refractivity contribution is 5.92. The average Bonchev–Trinajstić information content (AvgIpc) is 2.98. The first-order chi connectivity index (χ1) is 7.18. The van der Waals surface area contributed by atoms with Crippen LogP contribution in [0.5, 0.6) is 0 Å². The third kappa shape index (κ3) is 2.36. The average molecular weight is 209 g/mol. The van der Waals surface area contributed by atoms with Crippen molar-refractivity contribution in [1.82, 2.24) is 10.3 Å². The molecule has 1 aromatic heterocycles. The smallest absolute Gasteiger partial charge is 0.289 e. The lowest BCUT2D eigenvalue weighted by atomic mass is 10.2. The first-order valence-corrected chi connectivity index (χ1v) is 5.12. The second kappa shape index (κ2) is 4.02. The quantitative estimate of drug-likeness (QED) is 0.754. The summed E-state index contributed by atoms with van der Waals surface area (Å²) in [5, 5.41) is 2.75. The maximum atomic E-state index is 11.6. The van der Waals surface area contributed by atoms with E-state index in [9.17, 15) is 4.79 Å². The van der Waals surface area contributed by atoms with Crippen LogP contribution < -0.4 is 11.1 Å². The molecule has 0 aliphatic heterocycles. The van der Waals surface area contributed by atoms with Gasteiger partial charge in [0.05, 0.1) is 5.69 Å². The first-order valence-electron chi connectivity index (χ1n) is 5.12. The number of hydrogen-bond donors (Lipinski definition) is 2. The number of carbonyl (C=O) groups is 1. The molecule has 0 radical (unpaired) electrons. The number of rotatable bonds is 4. The van der Waals surface area contributed by atoms with E-state index in [1.165, 1.54) is 19.2 Å². The Morgan fingerprint density at radius 1 is 1.80 bits per heavy atom. The van der Waals surface area contributed by atoms with Crippen molar-refractivity contribution in [3.63, 3.8) is 0 Å². The van der Waals surface area contributed by atoms with Gasteiger partial charge in [-0.1, -0.05) is 0 Å². The lowest BCUT2D eigenvalue weighted by Gasteiger charge is -2.10. The van der Waals surface area contributed by atoms with Crippen LogP contribution in [0.4, 0.5) is 0 Å². The normalized spacial score (nSPS) is 17.5. The molecule has 0 spiro atoms. The van der Waals surface area contributed by atoms with Crippen molar-refractivity contribution in [3.05, 3.63) is 17.8 Å². The fraction of sp³-hybridized carbons (Fsp3) is 0.600. The van der Waals surface area contributed by atoms with Gasteiger partial charge >= 0.3 is 0 Å². The Labute approximate surface area is 88.0 Å². The molecule has 1 atom stereocenters. The van der Waals surface area contributed by atoms with Crippen LogP contribution in [-0.4, -0.2) is 23.5 Å². The molecule has 82 valence electrons. The summed E-state index contributed by atoms with van der Waals surface area (Å²) in [6.45, 7) is 2.24. The van der Waals surface area contributed by atoms with Crippen LogP contribution in [0.25, 0.3) is 0 Å². The zero-order valence-corrected chi connectivity index (χ0v) is 8.69. The van der Waals surface area contributed by atoms with Crippen LogP contribution in [0, 0.1) is 12.8 Å². The lowest BCUT2D eigenvalue weighted by Crippen LogP contribution is -2.38. The Hall–Kier alpha value is -1.36. The van der Waals surface area contributed by atoms with E-state index in [1.54, 1.807) is 6.92 Å². The molecule has 1 heterocycles. The molecule has 5 heteroatoms. The number of amides is 1. The minimum Gasteiger partial charge on any atom is -0.438 e. The zero-order valence-electron chi connectivity index (χ0n) is 8.69. The van der Waals surface area contributed by atoms with E-state index in [-0.39, 0.29) is 17.7 Å². The first kappa shape index (κ1) is 10.2. The lowest BCUT2D eigenvalue weighted by molar-refractivity contribution is 0.0921. The topological polar surface area (TPSA) is 81.2 Å². The van der Waals surface area contributed by atoms with Gasteiger partial charge in [0.15, 0.2) is 6.39 Å². The fourth-order valence-corrected chi connectivity index (χ4v) is 1.50. The zero-order chi connectivity index (χ0) is 10.8. The van der Waals surface area contributed by atoms with E-state index in [4.69, 9.17) is 10.2 Å². The van der Waals surface area contributed by atoms with Gasteiger partial charge in [0, 0.05) is 12.6 Å². The number of oxazole rings is 1. The summed E-state index contributed by atoms with van der Waals surface area (Å²) in [4.78, 5) is 15.4. The monoisotopic (exact) mass is 209 g/mol. The highest BCUT2D eigenvalue weighted by atomic mass is 16.3. The SMILES string of the molecule is Cc1ncoc1C(=O)NCC(N)C1CC1. The van der Waals surface area contributed by atoms with E-state index in [1.807, 2.05) is 0 Å². The molecule has 0 bridgehead atoms. The standard InChI is InChI=1S/C10H15N3O2/c1-6-9(15-5-13-6)10(14)12-4-8(11)7-2-3-7/h5,7-8H,2-4,11H2,1H3,(H,12,14). The molecule has 15 heavy (non-hydrogen) atoms. The highest BCUT2D eigenvalue weighted by Crippen LogP contribution is 2.31. The van der Waals surface area contributed by atoms with Crippen LogP contribution in [0.2, 0.25) is 0 Å². The number of hydrogen-bond acceptors (Lipinski definition) is 4. The van der Waals surface area contributed by atoms with Crippen molar-refractivity contribution >= 4 is 5.91 Å². The van der Waals surface area contributed by atoms with Crippen LogP contribution in [0.3, 0.4) is 0 Å². The summed E-state index contributed by atoms with van der Waals surface area (Å²) in [6, 6.07) is 0.0668. The Kier molecular flexibility index (Phi) is 2.73. The van der Waals surface area contributed by atoms with Gasteiger partial charge in [-0.05, 0) is 25.7 Å². The predicted octanol–water partition coefficient (Wildman–Crippen LogP) is 0.450. The highest BCUT2D eigenvalue weighted by Gasteiger charge is 2.28. The van der Waals surface area contributed by atoms with E-state index in [0.717, 1.165) is 0 Å². The number of nitrogens with zero attached hydrogens (tertiary/aromatic N) is 1. The molecular weight excluding hydrogens is 194 g/mol. The minimum absolute atomic E-state index is 0.0668. The van der Waals surface area contributed by atoms with Gasteiger partial charge in [-0.3, -0.25) is 4.79 Å². The van der Waals surface area contributed by atoms with Crippen molar-refractivity contribution in [1.29, 1.82) is 0 Å². The molecular formula is C10H15N3O2. The molecule has 1 unspecified atom stereocenters. The van der Waals surface area contributed by atoms with Crippen molar-refractivity contribution in [3.8, 4) is 0 Å². The van der Waals surface area contributed by atoms with Crippen molar-refractivity contribution in [2.24, 2.45) is 11.7 Å². The summed E-state index contributed by atoms with van der Waals surface area (Å²) >= 11 is 0. The molecule has 3 N–H and O–H groups in total. The molecule has 1 saturated carbocycles. The number of aromatic nitrogens is 1. The molecule has 0 saturated heterocycles. The number of aryl methyl sites for hydroxylation is 1. The number of nitrogens with one attached hydrogen (secondary N) is 1. The molecule has 2 rings (SSSR count). The van der Waals surface area contributed by atoms with Crippen molar-refractivity contribution < 1.29 is 9.21 Å². The van der Waals surface area contributed by atoms with Crippen LogP contribution in [0.1, 0.15) is 29.1 Å². The molecule has 1 aliphatic carbocycles. The summed E-state index contributed by atoms with van der Waals surface area (Å²) in [6.07, 6.45) is 3.63. The van der Waals surface area contributed by atoms with Crippen LogP contribution >= 0.6 is 0 Å². The van der Waals surface area contributed by atoms with E-state index >= 15 is 0 Å². The molecule has 0 aromatic carbocycles. The van der Waals surface area contributed by atoms with E-state index in [2.05, 4.69) is 10.3 Å². The van der Waals surface area contributed by atoms with Gasteiger partial charge in [-0.2, -0.15) is 0 Å². The molecule has 1 aliphatic rings. The van der Waals surface area contributed by atoms with Gasteiger partial charge < -0.3 is 15.5 Å². The van der Waals surface area contributed by atoms with Gasteiger partial charge in [-0.15, -0.1) is 0 Å². The fourth-order valence-electron chi connectivity index (χ4n) is 1.50. The largest absolute Gasteiger partial charge is 0.438 e. The predicted molar refractivity (Wildman–Crippen MR) is 54.3 cm³/mol. The molecule has 1 amide bonds. The van der Waals surface area contributed by atoms with Gasteiger partial charge in [-0.25, -0.2) is 4.98 Å². The summed E-state index contributed by atoms with van der Waals surface area (Å²) < 4.78 is 4.97. The second-order valence-electron chi connectivity index (χ2n) is 3.98. The Balaban J connectivity index is 1.84. The third-order valence-electron chi connectivity index (χ3n) is 2.68. The summed E-state index contributed by atoms with van der Waals surface area (Å²) in [5.74, 6) is 0.625. The molecule has 5 nitrogen and oxygen atoms in total. The van der Waals surface area contributed by atoms with E-state index in [0.29, 0.717) is 18.2 Å². The number of nitrogens with two attached hydrogens (primary N) is 1. The van der Waals surface area contributed by atoms with E-state index < -0.39 is 0 Å². The maximum Gasteiger partial charge on any atom is 0.289 e. The number of carbonyl (C=O) groups excluding carboxylic acids is 1. The third-order valence-corrected chi connectivity index (χ3v) is 2.68. The van der Waals surface area contributed by atoms with Gasteiger partial charge in [0.25, 0.3) is 5.91 Å². The summed E-state index contributed by atoms with van der Waals surface area (Å²) in [7, 11) is 0. The van der Waals surface area contributed by atoms with Gasteiger partial charge in [0.2, 0.25) is 5.76 Å². The second-order valence-corrected chi connectivity index (χ2v) is 3.98. The van der Waals surface area contributed by atoms with Gasteiger partial charge in [0.1, 0.15) is 0 Å². The Bertz CT molecular complexity index is 357. The summed E-state index contributed by atoms with van der Waals surface area (Å²) in [5.41, 5.74) is 6.46. The molecule has 1 aromatic rings. The maximum absolute atomic E-state index is 11.6. The van der Waals surface area contributed by atoms with Crippen molar-refractivity contribution in [2.45, 2.75) is 25.8 Å². The van der Waals surface area contributed by atoms with Crippen molar-refractivity contribution in [2.75, 3.05) is 6.54 Å². The van der Waals surface area contributed by atoms with Crippen LogP contribution in [0.15, 0.2) is 10.8 Å². The minimum atomic E-state index is -0.235. The Morgan fingerprint density at radius 2 is 2.53 bits per heavy atom. The Morgan fingerprint density at radius 3 is 3.07 bits per heavy atom. The molecule has 1 fully saturated rings. The van der Waals surface area contributed by atoms with Crippen LogP contribution in [-0.2, 0) is 0 Å².